The minimum absolute atomic E-state index is 0.0202. The van der Waals surface area contributed by atoms with Crippen molar-refractivity contribution in [3.63, 3.8) is 0 Å². The molecule has 4 nitrogen and oxygen atoms in total. The van der Waals surface area contributed by atoms with Crippen molar-refractivity contribution < 1.29 is 19.4 Å². The lowest BCUT2D eigenvalue weighted by atomic mass is 9.96. The van der Waals surface area contributed by atoms with Gasteiger partial charge < -0.3 is 15.1 Å². The molecular formula is C15H12FNO3. The van der Waals surface area contributed by atoms with Crippen LogP contribution in [0.15, 0.2) is 30.3 Å². The molecule has 0 atom stereocenters. The molecule has 1 aliphatic heterocycles. The summed E-state index contributed by atoms with van der Waals surface area (Å²) in [6.45, 7) is 0.261. The molecule has 5 heteroatoms. The lowest BCUT2D eigenvalue weighted by Gasteiger charge is -2.15. The van der Waals surface area contributed by atoms with Crippen molar-refractivity contribution in [2.45, 2.75) is 6.54 Å². The lowest BCUT2D eigenvalue weighted by Crippen LogP contribution is -2.24. The molecule has 0 fully saturated rings. The average Bonchev–Trinajstić information content (AvgIpc) is 2.49. The molecule has 0 saturated heterocycles. The van der Waals surface area contributed by atoms with E-state index in [1.54, 1.807) is 13.1 Å². The number of rotatable bonds is 0. The Kier molecular flexibility index (Phi) is 2.64. The molecule has 2 aromatic carbocycles. The second-order valence-electron chi connectivity index (χ2n) is 4.85. The highest BCUT2D eigenvalue weighted by Gasteiger charge is 2.25. The van der Waals surface area contributed by atoms with Crippen LogP contribution in [0.25, 0.3) is 11.1 Å². The predicted octanol–water partition coefficient (Wildman–Crippen LogP) is 2.49. The Balaban J connectivity index is 2.35. The highest BCUT2D eigenvalue weighted by Crippen LogP contribution is 2.36. The van der Waals surface area contributed by atoms with Crippen LogP contribution in [0.3, 0.4) is 0 Å². The number of phenols is 2. The Morgan fingerprint density at radius 2 is 1.85 bits per heavy atom. The number of hydrogen-bond donors (Lipinski definition) is 2. The zero-order valence-electron chi connectivity index (χ0n) is 10.7. The zero-order chi connectivity index (χ0) is 14.4. The van der Waals surface area contributed by atoms with Crippen LogP contribution in [0.5, 0.6) is 11.5 Å². The number of nitrogens with zero attached hydrogens (tertiary/aromatic N) is 1. The molecule has 0 aromatic heterocycles. The molecular weight excluding hydrogens is 261 g/mol. The number of amides is 1. The highest BCUT2D eigenvalue weighted by atomic mass is 19.1. The van der Waals surface area contributed by atoms with Crippen LogP contribution >= 0.6 is 0 Å². The maximum atomic E-state index is 13.6. The van der Waals surface area contributed by atoms with Gasteiger partial charge in [-0.15, -0.1) is 0 Å². The Hall–Kier alpha value is -2.56. The van der Waals surface area contributed by atoms with Crippen LogP contribution in [0, 0.1) is 5.82 Å². The molecule has 0 radical (unpaired) electrons. The van der Waals surface area contributed by atoms with Gasteiger partial charge in [-0.3, -0.25) is 4.79 Å². The van der Waals surface area contributed by atoms with Gasteiger partial charge in [-0.25, -0.2) is 4.39 Å². The Morgan fingerprint density at radius 3 is 2.60 bits per heavy atom. The third kappa shape index (κ3) is 1.79. The van der Waals surface area contributed by atoms with Crippen molar-refractivity contribution in [1.29, 1.82) is 0 Å². The summed E-state index contributed by atoms with van der Waals surface area (Å²) in [6.07, 6.45) is 0. The van der Waals surface area contributed by atoms with Gasteiger partial charge >= 0.3 is 0 Å². The van der Waals surface area contributed by atoms with Crippen LogP contribution in [-0.4, -0.2) is 28.1 Å². The number of halogens is 1. The first-order valence-corrected chi connectivity index (χ1v) is 6.07. The summed E-state index contributed by atoms with van der Waals surface area (Å²) in [5.41, 5.74) is 2.07. The summed E-state index contributed by atoms with van der Waals surface area (Å²) >= 11 is 0. The predicted molar refractivity (Wildman–Crippen MR) is 71.0 cm³/mol. The molecule has 1 aliphatic rings. The van der Waals surface area contributed by atoms with E-state index in [1.165, 1.54) is 29.2 Å². The van der Waals surface area contributed by atoms with Gasteiger partial charge in [0.2, 0.25) is 0 Å². The van der Waals surface area contributed by atoms with Gasteiger partial charge in [-0.2, -0.15) is 0 Å². The summed E-state index contributed by atoms with van der Waals surface area (Å²) in [7, 11) is 1.62. The van der Waals surface area contributed by atoms with Crippen molar-refractivity contribution in [2.75, 3.05) is 7.05 Å². The third-order valence-electron chi connectivity index (χ3n) is 3.45. The first-order valence-electron chi connectivity index (χ1n) is 6.07. The van der Waals surface area contributed by atoms with Gasteiger partial charge in [0.25, 0.3) is 5.91 Å². The van der Waals surface area contributed by atoms with E-state index in [0.717, 1.165) is 0 Å². The normalized spacial score (nSPS) is 13.7. The fourth-order valence-electron chi connectivity index (χ4n) is 2.46. The first kappa shape index (κ1) is 12.5. The van der Waals surface area contributed by atoms with Gasteiger partial charge in [0.1, 0.15) is 5.75 Å². The molecule has 2 aromatic rings. The van der Waals surface area contributed by atoms with Gasteiger partial charge in [0.15, 0.2) is 11.6 Å². The van der Waals surface area contributed by atoms with E-state index < -0.39 is 11.6 Å². The number of fused-ring (bicyclic) bond motifs is 3. The van der Waals surface area contributed by atoms with Gasteiger partial charge in [-0.1, -0.05) is 0 Å². The molecule has 0 spiro atoms. The van der Waals surface area contributed by atoms with E-state index >= 15 is 0 Å². The minimum atomic E-state index is -0.736. The quantitative estimate of drug-likeness (QED) is 0.775. The standard InChI is InChI=1S/C15H12FNO3/c1-17-7-8-4-14(19)13(16)6-11(8)10-3-2-9(18)5-12(10)15(17)20/h2-6,18-19H,7H2,1H3. The van der Waals surface area contributed by atoms with Gasteiger partial charge in [0, 0.05) is 13.6 Å². The molecule has 0 bridgehead atoms. The maximum absolute atomic E-state index is 13.6. The summed E-state index contributed by atoms with van der Waals surface area (Å²) < 4.78 is 13.6. The SMILES string of the molecule is CN1Cc2cc(O)c(F)cc2-c2ccc(O)cc2C1=O. The number of benzene rings is 2. The minimum Gasteiger partial charge on any atom is -0.508 e. The fraction of sp³-hybridized carbons (Fsp3) is 0.133. The molecule has 0 unspecified atom stereocenters. The van der Waals surface area contributed by atoms with Crippen LogP contribution in [0.4, 0.5) is 4.39 Å². The van der Waals surface area contributed by atoms with Crippen LogP contribution < -0.4 is 0 Å². The monoisotopic (exact) mass is 273 g/mol. The van der Waals surface area contributed by atoms with Crippen molar-refractivity contribution in [3.05, 3.63) is 47.3 Å². The topological polar surface area (TPSA) is 60.8 Å². The van der Waals surface area contributed by atoms with E-state index in [4.69, 9.17) is 0 Å². The summed E-state index contributed by atoms with van der Waals surface area (Å²) in [5.74, 6) is -1.45. The second kappa shape index (κ2) is 4.23. The number of carbonyl (C=O) groups is 1. The smallest absolute Gasteiger partial charge is 0.254 e. The lowest BCUT2D eigenvalue weighted by molar-refractivity contribution is 0.0788. The second-order valence-corrected chi connectivity index (χ2v) is 4.85. The molecule has 0 saturated carbocycles. The summed E-state index contributed by atoms with van der Waals surface area (Å²) in [4.78, 5) is 13.7. The zero-order valence-corrected chi connectivity index (χ0v) is 10.7. The highest BCUT2D eigenvalue weighted by molar-refractivity contribution is 6.02. The van der Waals surface area contributed by atoms with E-state index in [9.17, 15) is 19.4 Å². The molecule has 2 N–H and O–H groups in total. The molecule has 1 heterocycles. The van der Waals surface area contributed by atoms with Crippen molar-refractivity contribution >= 4 is 5.91 Å². The number of hydrogen-bond acceptors (Lipinski definition) is 3. The Morgan fingerprint density at radius 1 is 1.10 bits per heavy atom. The fourth-order valence-corrected chi connectivity index (χ4v) is 2.46. The average molecular weight is 273 g/mol. The summed E-state index contributed by atoms with van der Waals surface area (Å²) in [6, 6.07) is 6.94. The molecule has 3 rings (SSSR count). The molecule has 0 aliphatic carbocycles. The number of carbonyl (C=O) groups excluding carboxylic acids is 1. The van der Waals surface area contributed by atoms with Crippen LogP contribution in [-0.2, 0) is 6.54 Å². The summed E-state index contributed by atoms with van der Waals surface area (Å²) in [5, 5.41) is 19.0. The van der Waals surface area contributed by atoms with Crippen molar-refractivity contribution in [3.8, 4) is 22.6 Å². The Bertz CT molecular complexity index is 727. The van der Waals surface area contributed by atoms with Gasteiger partial charge in [0.05, 0.1) is 5.56 Å². The van der Waals surface area contributed by atoms with Crippen LogP contribution in [0.2, 0.25) is 0 Å². The number of aromatic hydroxyl groups is 2. The van der Waals surface area contributed by atoms with E-state index in [1.807, 2.05) is 0 Å². The van der Waals surface area contributed by atoms with Gasteiger partial charge in [-0.05, 0) is 47.0 Å². The van der Waals surface area contributed by atoms with E-state index in [2.05, 4.69) is 0 Å². The van der Waals surface area contributed by atoms with Crippen molar-refractivity contribution in [2.24, 2.45) is 0 Å². The Labute approximate surface area is 114 Å². The van der Waals surface area contributed by atoms with E-state index in [-0.39, 0.29) is 18.2 Å². The molecule has 102 valence electrons. The first-order chi connectivity index (χ1) is 9.47. The largest absolute Gasteiger partial charge is 0.508 e. The third-order valence-corrected chi connectivity index (χ3v) is 3.45. The van der Waals surface area contributed by atoms with E-state index in [0.29, 0.717) is 22.3 Å². The molecule has 20 heavy (non-hydrogen) atoms. The van der Waals surface area contributed by atoms with Crippen molar-refractivity contribution in [1.82, 2.24) is 4.90 Å². The maximum Gasteiger partial charge on any atom is 0.254 e. The number of phenolic OH excluding ortho intramolecular Hbond substituents is 2. The molecule has 1 amide bonds. The van der Waals surface area contributed by atoms with Crippen LogP contribution in [0.1, 0.15) is 15.9 Å².